The Hall–Kier alpha value is -2.61. The van der Waals surface area contributed by atoms with Gasteiger partial charge in [0.2, 0.25) is 0 Å². The topological polar surface area (TPSA) is 26.3 Å². The normalized spacial score (nSPS) is 33.4. The maximum Gasteiger partial charge on any atom is 0.302 e. The van der Waals surface area contributed by atoms with Gasteiger partial charge in [-0.05, 0) is 121 Å². The zero-order valence-electron chi connectivity index (χ0n) is 31.0. The predicted molar refractivity (Wildman–Crippen MR) is 197 cm³/mol. The van der Waals surface area contributed by atoms with Crippen molar-refractivity contribution in [2.45, 2.75) is 133 Å². The number of hydrogen-bond acceptors (Lipinski definition) is 2. The molecule has 0 aliphatic heterocycles. The molecule has 0 aromatic heterocycles. The minimum Gasteiger partial charge on any atom is -0.462 e. The molecule has 0 radical (unpaired) electrons. The highest BCUT2D eigenvalue weighted by molar-refractivity contribution is 5.82. The minimum absolute atomic E-state index is 0.0135. The largest absolute Gasteiger partial charge is 0.462 e. The fourth-order valence-electron chi connectivity index (χ4n) is 11.6. The Bertz CT molecular complexity index is 1470. The summed E-state index contributed by atoms with van der Waals surface area (Å²) in [7, 11) is 0. The molecule has 2 heteroatoms. The average Bonchev–Trinajstić information content (AvgIpc) is 3.32. The Balaban J connectivity index is 1.45. The molecule has 0 saturated heterocycles. The first-order valence-corrected chi connectivity index (χ1v) is 19.0. The third-order valence-electron chi connectivity index (χ3n) is 14.9. The highest BCUT2D eigenvalue weighted by atomic mass is 16.5. The number of carbonyl (C=O) groups is 1. The summed E-state index contributed by atoms with van der Waals surface area (Å²) in [5, 5.41) is 0. The molecule has 0 bridgehead atoms. The van der Waals surface area contributed by atoms with E-state index in [1.807, 2.05) is 5.57 Å². The fraction of sp³-hybridized carbons (Fsp3) is 0.622. The Morgan fingerprint density at radius 2 is 1.40 bits per heavy atom. The van der Waals surface area contributed by atoms with Gasteiger partial charge in [-0.15, -0.1) is 0 Å². The van der Waals surface area contributed by atoms with Gasteiger partial charge in [-0.2, -0.15) is 0 Å². The van der Waals surface area contributed by atoms with Crippen molar-refractivity contribution >= 4 is 11.5 Å². The van der Waals surface area contributed by atoms with Gasteiger partial charge >= 0.3 is 5.97 Å². The summed E-state index contributed by atoms with van der Waals surface area (Å²) < 4.78 is 5.97. The molecular weight excluding hydrogens is 572 g/mol. The summed E-state index contributed by atoms with van der Waals surface area (Å²) in [6.45, 7) is 21.6. The van der Waals surface area contributed by atoms with Crippen LogP contribution in [0, 0.1) is 45.3 Å². The molecule has 0 amide bonds. The summed E-state index contributed by atoms with van der Waals surface area (Å²) in [5.74, 6) is 2.37. The summed E-state index contributed by atoms with van der Waals surface area (Å²) in [5.41, 5.74) is 10.2. The van der Waals surface area contributed by atoms with E-state index in [0.717, 1.165) is 12.8 Å². The summed E-state index contributed by atoms with van der Waals surface area (Å²) in [6, 6.07) is 22.6. The van der Waals surface area contributed by atoms with Gasteiger partial charge in [-0.3, -0.25) is 4.79 Å². The number of ether oxygens (including phenoxy) is 1. The molecule has 0 N–H and O–H groups in total. The van der Waals surface area contributed by atoms with Crippen LogP contribution in [0.5, 0.6) is 0 Å². The first-order valence-electron chi connectivity index (χ1n) is 19.0. The van der Waals surface area contributed by atoms with Gasteiger partial charge in [0.05, 0.1) is 0 Å². The van der Waals surface area contributed by atoms with E-state index in [0.29, 0.717) is 23.7 Å². The molecule has 2 nitrogen and oxygen atoms in total. The third-order valence-corrected chi connectivity index (χ3v) is 14.9. The lowest BCUT2D eigenvalue weighted by Gasteiger charge is -2.62. The van der Waals surface area contributed by atoms with E-state index in [4.69, 9.17) is 4.74 Å². The van der Waals surface area contributed by atoms with E-state index >= 15 is 0 Å². The SMILES string of the molecule is CC(=O)OC1CCC2(C)C3=C(CCC2C1(C)C)C1(C)CCC(C(CCC(C)C(C)C)=C(c2ccccc2)c2ccccc2)C1(C)CC3. The van der Waals surface area contributed by atoms with Gasteiger partial charge in [0.15, 0.2) is 0 Å². The highest BCUT2D eigenvalue weighted by Gasteiger charge is 2.63. The lowest BCUT2D eigenvalue weighted by molar-refractivity contribution is -0.167. The molecule has 6 rings (SSSR count). The number of fused-ring (bicyclic) bond motifs is 4. The van der Waals surface area contributed by atoms with Crippen molar-refractivity contribution in [1.29, 1.82) is 0 Å². The van der Waals surface area contributed by atoms with E-state index in [-0.39, 0.29) is 33.7 Å². The van der Waals surface area contributed by atoms with E-state index in [1.165, 1.54) is 68.1 Å². The van der Waals surface area contributed by atoms with Crippen LogP contribution >= 0.6 is 0 Å². The fourth-order valence-corrected chi connectivity index (χ4v) is 11.6. The number of esters is 1. The second-order valence-electron chi connectivity index (χ2n) is 17.7. The molecule has 4 aliphatic carbocycles. The molecule has 2 aromatic carbocycles. The van der Waals surface area contributed by atoms with Gasteiger partial charge in [0.25, 0.3) is 0 Å². The molecule has 7 atom stereocenters. The van der Waals surface area contributed by atoms with Gasteiger partial charge in [-0.25, -0.2) is 0 Å². The maximum absolute atomic E-state index is 12.1. The Kier molecular flexibility index (Phi) is 9.25. The summed E-state index contributed by atoms with van der Waals surface area (Å²) >= 11 is 0. The number of allylic oxidation sites excluding steroid dienone is 3. The molecule has 0 spiro atoms. The molecule has 4 aliphatic rings. The quantitative estimate of drug-likeness (QED) is 0.213. The monoisotopic (exact) mass is 634 g/mol. The van der Waals surface area contributed by atoms with Crippen molar-refractivity contribution in [2.75, 3.05) is 0 Å². The average molecular weight is 635 g/mol. The second kappa shape index (κ2) is 12.7. The Morgan fingerprint density at radius 1 is 0.787 bits per heavy atom. The molecule has 7 unspecified atom stereocenters. The molecular formula is C45H62O2. The maximum atomic E-state index is 12.1. The summed E-state index contributed by atoms with van der Waals surface area (Å²) in [6.07, 6.45) is 12.0. The molecule has 2 fully saturated rings. The third kappa shape index (κ3) is 5.68. The standard InChI is InChI=1S/C45H62O2/c1-30(2)31(3)20-21-35(41(33-16-12-10-13-17-33)34-18-14-11-15-19-34)36-24-28-45(9)38-22-23-39-42(5,6)40(47-32(4)46)26-27-43(39,7)37(38)25-29-44(36,45)8/h10-19,30-31,36,39-40H,20-29H2,1-9H3. The van der Waals surface area contributed by atoms with E-state index < -0.39 is 0 Å². The van der Waals surface area contributed by atoms with Crippen molar-refractivity contribution < 1.29 is 9.53 Å². The van der Waals surface area contributed by atoms with Crippen LogP contribution in [0.3, 0.4) is 0 Å². The minimum atomic E-state index is -0.127. The number of benzene rings is 2. The molecule has 0 heterocycles. The molecule has 254 valence electrons. The smallest absolute Gasteiger partial charge is 0.302 e. The first-order chi connectivity index (χ1) is 22.2. The van der Waals surface area contributed by atoms with Crippen molar-refractivity contribution in [2.24, 2.45) is 45.3 Å². The molecule has 2 saturated carbocycles. The number of carbonyl (C=O) groups excluding carboxylic acids is 1. The van der Waals surface area contributed by atoms with Crippen LogP contribution in [-0.2, 0) is 9.53 Å². The van der Waals surface area contributed by atoms with E-state index in [9.17, 15) is 4.79 Å². The van der Waals surface area contributed by atoms with Crippen molar-refractivity contribution in [3.63, 3.8) is 0 Å². The van der Waals surface area contributed by atoms with Gasteiger partial charge in [-0.1, -0.05) is 133 Å². The van der Waals surface area contributed by atoms with Crippen LogP contribution in [-0.4, -0.2) is 12.1 Å². The zero-order valence-corrected chi connectivity index (χ0v) is 31.0. The van der Waals surface area contributed by atoms with Crippen molar-refractivity contribution in [3.05, 3.63) is 88.5 Å². The van der Waals surface area contributed by atoms with Gasteiger partial charge in [0, 0.05) is 12.3 Å². The molecule has 2 aromatic rings. The van der Waals surface area contributed by atoms with Crippen LogP contribution in [0.25, 0.3) is 5.57 Å². The van der Waals surface area contributed by atoms with E-state index in [1.54, 1.807) is 18.1 Å². The second-order valence-corrected chi connectivity index (χ2v) is 17.7. The zero-order chi connectivity index (χ0) is 33.8. The van der Waals surface area contributed by atoms with Gasteiger partial charge in [0.1, 0.15) is 6.10 Å². The van der Waals surface area contributed by atoms with Crippen LogP contribution in [0.1, 0.15) is 138 Å². The number of rotatable bonds is 8. The highest BCUT2D eigenvalue weighted by Crippen LogP contribution is 2.73. The Morgan fingerprint density at radius 3 is 1.98 bits per heavy atom. The number of hydrogen-bond donors (Lipinski definition) is 0. The predicted octanol–water partition coefficient (Wildman–Crippen LogP) is 12.2. The van der Waals surface area contributed by atoms with Crippen LogP contribution in [0.4, 0.5) is 0 Å². The first kappa shape index (κ1) is 34.3. The van der Waals surface area contributed by atoms with Crippen LogP contribution in [0.15, 0.2) is 77.4 Å². The Labute approximate surface area is 286 Å². The molecule has 47 heavy (non-hydrogen) atoms. The van der Waals surface area contributed by atoms with Crippen LogP contribution in [0.2, 0.25) is 0 Å². The summed E-state index contributed by atoms with van der Waals surface area (Å²) in [4.78, 5) is 12.1. The van der Waals surface area contributed by atoms with Crippen molar-refractivity contribution in [1.82, 2.24) is 0 Å². The van der Waals surface area contributed by atoms with Crippen LogP contribution < -0.4 is 0 Å². The van der Waals surface area contributed by atoms with Crippen molar-refractivity contribution in [3.8, 4) is 0 Å². The van der Waals surface area contributed by atoms with E-state index in [2.05, 4.69) is 116 Å². The lowest BCUT2D eigenvalue weighted by atomic mass is 9.43. The lowest BCUT2D eigenvalue weighted by Crippen LogP contribution is -2.55. The van der Waals surface area contributed by atoms with Gasteiger partial charge < -0.3 is 4.74 Å².